The maximum absolute atomic E-state index is 10.5. The van der Waals surface area contributed by atoms with Gasteiger partial charge in [0, 0.05) is 0 Å². The Morgan fingerprint density at radius 3 is 2.40 bits per heavy atom. The second-order valence-corrected chi connectivity index (χ2v) is 6.44. The van der Waals surface area contributed by atoms with Gasteiger partial charge in [-0.1, -0.05) is 20.8 Å². The summed E-state index contributed by atoms with van der Waals surface area (Å²) in [5.74, 6) is 0.592. The number of ether oxygens (including phenoxy) is 1. The van der Waals surface area contributed by atoms with Gasteiger partial charge in [-0.15, -0.1) is 0 Å². The molecule has 0 saturated heterocycles. The summed E-state index contributed by atoms with van der Waals surface area (Å²) < 4.78 is 5.58. The minimum atomic E-state index is -0.606. The fourth-order valence-corrected chi connectivity index (χ4v) is 3.13. The zero-order valence-electron chi connectivity index (χ0n) is 10.8. The highest BCUT2D eigenvalue weighted by Crippen LogP contribution is 2.43. The van der Waals surface area contributed by atoms with Gasteiger partial charge in [-0.3, -0.25) is 0 Å². The maximum atomic E-state index is 10.5. The third-order valence-corrected chi connectivity index (χ3v) is 3.12. The fraction of sp³-hybridized carbons (Fsp3) is 1.00. The average Bonchev–Trinajstić information content (AvgIpc) is 1.96. The van der Waals surface area contributed by atoms with Crippen molar-refractivity contribution in [3.63, 3.8) is 0 Å². The number of aliphatic hydroxyl groups is 1. The topological polar surface area (TPSA) is 29.5 Å². The molecule has 0 amide bonds. The summed E-state index contributed by atoms with van der Waals surface area (Å²) in [6.45, 7) is 11.2. The van der Waals surface area contributed by atoms with E-state index in [-0.39, 0.29) is 11.5 Å². The van der Waals surface area contributed by atoms with E-state index in [2.05, 4.69) is 20.8 Å². The quantitative estimate of drug-likeness (QED) is 0.782. The first-order valence-corrected chi connectivity index (χ1v) is 6.06. The summed E-state index contributed by atoms with van der Waals surface area (Å²) >= 11 is 0. The largest absolute Gasteiger partial charge is 0.387 e. The summed E-state index contributed by atoms with van der Waals surface area (Å²) in [4.78, 5) is 0. The van der Waals surface area contributed by atoms with E-state index in [1.54, 1.807) is 0 Å². The molecule has 0 aliphatic heterocycles. The van der Waals surface area contributed by atoms with Crippen LogP contribution in [-0.2, 0) is 4.74 Å². The highest BCUT2D eigenvalue weighted by atomic mass is 16.5. The van der Waals surface area contributed by atoms with E-state index in [0.29, 0.717) is 12.5 Å². The van der Waals surface area contributed by atoms with Crippen LogP contribution in [0.5, 0.6) is 0 Å². The molecule has 0 aromatic heterocycles. The monoisotopic (exact) mass is 214 g/mol. The van der Waals surface area contributed by atoms with Gasteiger partial charge in [0.25, 0.3) is 0 Å². The third kappa shape index (κ3) is 4.12. The zero-order chi connectivity index (χ0) is 11.7. The predicted octanol–water partition coefficient (Wildman–Crippen LogP) is 2.99. The van der Waals surface area contributed by atoms with E-state index < -0.39 is 5.60 Å². The molecule has 1 N–H and O–H groups in total. The van der Waals surface area contributed by atoms with Crippen LogP contribution in [0.15, 0.2) is 0 Å². The van der Waals surface area contributed by atoms with Gasteiger partial charge in [-0.25, -0.2) is 0 Å². The van der Waals surface area contributed by atoms with Crippen LogP contribution in [0.3, 0.4) is 0 Å². The van der Waals surface area contributed by atoms with E-state index in [0.717, 1.165) is 12.8 Å². The van der Waals surface area contributed by atoms with Gasteiger partial charge in [0.2, 0.25) is 0 Å². The van der Waals surface area contributed by atoms with E-state index in [4.69, 9.17) is 4.74 Å². The molecular formula is C13H26O2. The van der Waals surface area contributed by atoms with Crippen LogP contribution in [0, 0.1) is 11.3 Å². The van der Waals surface area contributed by atoms with Crippen molar-refractivity contribution < 1.29 is 9.84 Å². The van der Waals surface area contributed by atoms with Crippen LogP contribution in [-0.4, -0.2) is 23.4 Å². The molecular weight excluding hydrogens is 188 g/mol. The second kappa shape index (κ2) is 4.42. The highest BCUT2D eigenvalue weighted by Gasteiger charge is 2.41. The summed E-state index contributed by atoms with van der Waals surface area (Å²) in [6, 6.07) is 0. The van der Waals surface area contributed by atoms with Crippen molar-refractivity contribution >= 4 is 0 Å². The molecule has 0 aromatic rings. The zero-order valence-corrected chi connectivity index (χ0v) is 10.8. The molecule has 2 unspecified atom stereocenters. The van der Waals surface area contributed by atoms with Crippen molar-refractivity contribution in [3.05, 3.63) is 0 Å². The minimum Gasteiger partial charge on any atom is -0.387 e. The van der Waals surface area contributed by atoms with E-state index in [1.165, 1.54) is 6.42 Å². The summed E-state index contributed by atoms with van der Waals surface area (Å²) in [5, 5.41) is 10.5. The molecule has 1 fully saturated rings. The van der Waals surface area contributed by atoms with Crippen LogP contribution < -0.4 is 0 Å². The van der Waals surface area contributed by atoms with Crippen LogP contribution in [0.2, 0.25) is 0 Å². The Hall–Kier alpha value is -0.0800. The molecule has 0 spiro atoms. The molecule has 0 radical (unpaired) electrons. The number of rotatable bonds is 3. The standard InChI is InChI=1S/C13H26O2/c1-10(2)15-9-13(14)7-11(3)6-12(4,5)8-13/h10-11,14H,6-9H2,1-5H3. The van der Waals surface area contributed by atoms with Crippen molar-refractivity contribution in [1.82, 2.24) is 0 Å². The molecule has 1 aliphatic carbocycles. The average molecular weight is 214 g/mol. The van der Waals surface area contributed by atoms with Crippen molar-refractivity contribution in [2.45, 2.75) is 65.6 Å². The Balaban J connectivity index is 2.58. The van der Waals surface area contributed by atoms with Crippen LogP contribution in [0.25, 0.3) is 0 Å². The van der Waals surface area contributed by atoms with Crippen molar-refractivity contribution in [2.24, 2.45) is 11.3 Å². The Kier molecular flexibility index (Phi) is 3.83. The summed E-state index contributed by atoms with van der Waals surface area (Å²) in [6.07, 6.45) is 3.14. The molecule has 1 aliphatic rings. The second-order valence-electron chi connectivity index (χ2n) is 6.44. The SMILES string of the molecule is CC1CC(C)(C)CC(O)(COC(C)C)C1. The van der Waals surface area contributed by atoms with Crippen molar-refractivity contribution in [1.29, 1.82) is 0 Å². The lowest BCUT2D eigenvalue weighted by molar-refractivity contribution is -0.118. The molecule has 2 heteroatoms. The van der Waals surface area contributed by atoms with Crippen molar-refractivity contribution in [2.75, 3.05) is 6.61 Å². The molecule has 90 valence electrons. The van der Waals surface area contributed by atoms with Gasteiger partial charge in [0.05, 0.1) is 18.3 Å². The molecule has 1 saturated carbocycles. The van der Waals surface area contributed by atoms with Gasteiger partial charge in [0.15, 0.2) is 0 Å². The van der Waals surface area contributed by atoms with Gasteiger partial charge in [-0.05, 0) is 44.4 Å². The van der Waals surface area contributed by atoms with Gasteiger partial charge < -0.3 is 9.84 Å². The summed E-state index contributed by atoms with van der Waals surface area (Å²) in [5.41, 5.74) is -0.363. The first kappa shape index (κ1) is 13.0. The lowest BCUT2D eigenvalue weighted by Gasteiger charge is -2.44. The molecule has 2 atom stereocenters. The molecule has 0 heterocycles. The van der Waals surface area contributed by atoms with E-state index in [1.807, 2.05) is 13.8 Å². The van der Waals surface area contributed by atoms with Crippen LogP contribution in [0.4, 0.5) is 0 Å². The van der Waals surface area contributed by atoms with Gasteiger partial charge in [0.1, 0.15) is 0 Å². The Labute approximate surface area is 94.0 Å². The Morgan fingerprint density at radius 2 is 1.93 bits per heavy atom. The highest BCUT2D eigenvalue weighted by molar-refractivity contribution is 4.93. The number of hydrogen-bond donors (Lipinski definition) is 1. The fourth-order valence-electron chi connectivity index (χ4n) is 3.13. The molecule has 2 nitrogen and oxygen atoms in total. The normalized spacial score (nSPS) is 35.8. The van der Waals surface area contributed by atoms with Crippen LogP contribution in [0.1, 0.15) is 53.9 Å². The molecule has 1 rings (SSSR count). The Morgan fingerprint density at radius 1 is 1.33 bits per heavy atom. The Bertz CT molecular complexity index is 211. The lowest BCUT2D eigenvalue weighted by Crippen LogP contribution is -2.45. The lowest BCUT2D eigenvalue weighted by atomic mass is 9.66. The van der Waals surface area contributed by atoms with Crippen LogP contribution >= 0.6 is 0 Å². The first-order chi connectivity index (χ1) is 6.72. The van der Waals surface area contributed by atoms with Gasteiger partial charge >= 0.3 is 0 Å². The molecule has 0 bridgehead atoms. The smallest absolute Gasteiger partial charge is 0.0887 e. The molecule has 0 aromatic carbocycles. The van der Waals surface area contributed by atoms with E-state index >= 15 is 0 Å². The summed E-state index contributed by atoms with van der Waals surface area (Å²) in [7, 11) is 0. The maximum Gasteiger partial charge on any atom is 0.0887 e. The van der Waals surface area contributed by atoms with E-state index in [9.17, 15) is 5.11 Å². The first-order valence-electron chi connectivity index (χ1n) is 6.06. The minimum absolute atomic E-state index is 0.203. The predicted molar refractivity (Wildman–Crippen MR) is 62.8 cm³/mol. The molecule has 15 heavy (non-hydrogen) atoms. The van der Waals surface area contributed by atoms with Crippen molar-refractivity contribution in [3.8, 4) is 0 Å². The number of hydrogen-bond acceptors (Lipinski definition) is 2. The van der Waals surface area contributed by atoms with Gasteiger partial charge in [-0.2, -0.15) is 0 Å². The third-order valence-electron chi connectivity index (χ3n) is 3.12.